The molecule has 9 nitrogen and oxygen atoms in total. The van der Waals surface area contributed by atoms with Crippen LogP contribution in [0.5, 0.6) is 0 Å². The molecule has 1 aromatic heterocycles. The normalized spacial score (nSPS) is 15.9. The number of rotatable bonds is 6. The number of hydrogen-bond acceptors (Lipinski definition) is 5. The highest BCUT2D eigenvalue weighted by molar-refractivity contribution is 6.10. The fraction of sp³-hybridized carbons (Fsp3) is 0.312. The summed E-state index contributed by atoms with van der Waals surface area (Å²) in [7, 11) is 0. The van der Waals surface area contributed by atoms with E-state index in [1.54, 1.807) is 31.2 Å². The number of carbonyl (C=O) groups is 3. The number of nitrogens with zero attached hydrogens (tertiary/aromatic N) is 3. The molecule has 1 fully saturated rings. The SMILES string of the molecule is CC(C(=O)Nc1ccc(NC(=O)C2(C(=O)O)CC2)cc1)n1cncn1. The van der Waals surface area contributed by atoms with Gasteiger partial charge < -0.3 is 15.7 Å². The highest BCUT2D eigenvalue weighted by atomic mass is 16.4. The van der Waals surface area contributed by atoms with Crippen LogP contribution in [0.1, 0.15) is 25.8 Å². The molecule has 130 valence electrons. The molecular formula is C16H17N5O4. The monoisotopic (exact) mass is 343 g/mol. The molecule has 0 aliphatic heterocycles. The van der Waals surface area contributed by atoms with Crippen molar-refractivity contribution >= 4 is 29.2 Å². The maximum Gasteiger partial charge on any atom is 0.319 e. The molecule has 3 rings (SSSR count). The summed E-state index contributed by atoms with van der Waals surface area (Å²) in [6, 6.07) is 5.94. The number of aliphatic carboxylic acids is 1. The molecule has 1 aliphatic carbocycles. The van der Waals surface area contributed by atoms with Crippen molar-refractivity contribution in [3.05, 3.63) is 36.9 Å². The number of amides is 2. The Morgan fingerprint density at radius 3 is 2.24 bits per heavy atom. The number of carbonyl (C=O) groups excluding carboxylic acids is 2. The molecule has 1 atom stereocenters. The Labute approximate surface area is 143 Å². The Bertz CT molecular complexity index is 796. The van der Waals surface area contributed by atoms with Gasteiger partial charge in [-0.1, -0.05) is 0 Å². The first-order valence-corrected chi connectivity index (χ1v) is 7.72. The zero-order chi connectivity index (χ0) is 18.0. The van der Waals surface area contributed by atoms with E-state index >= 15 is 0 Å². The summed E-state index contributed by atoms with van der Waals surface area (Å²) in [5.41, 5.74) is -0.269. The first-order chi connectivity index (χ1) is 11.9. The van der Waals surface area contributed by atoms with Crippen LogP contribution in [0.15, 0.2) is 36.9 Å². The average Bonchev–Trinajstić information content (AvgIpc) is 3.24. The topological polar surface area (TPSA) is 126 Å². The van der Waals surface area contributed by atoms with Crippen LogP contribution in [0.3, 0.4) is 0 Å². The number of carboxylic acids is 1. The molecule has 0 saturated heterocycles. The molecule has 2 amide bonds. The number of hydrogen-bond donors (Lipinski definition) is 3. The quantitative estimate of drug-likeness (QED) is 0.678. The van der Waals surface area contributed by atoms with Crippen molar-refractivity contribution in [1.82, 2.24) is 14.8 Å². The van der Waals surface area contributed by atoms with Gasteiger partial charge in [-0.15, -0.1) is 0 Å². The van der Waals surface area contributed by atoms with Crippen molar-refractivity contribution in [2.75, 3.05) is 10.6 Å². The Kier molecular flexibility index (Phi) is 4.22. The fourth-order valence-corrected chi connectivity index (χ4v) is 2.33. The van der Waals surface area contributed by atoms with Gasteiger partial charge in [0.15, 0.2) is 0 Å². The molecule has 25 heavy (non-hydrogen) atoms. The van der Waals surface area contributed by atoms with E-state index in [-0.39, 0.29) is 5.91 Å². The Morgan fingerprint density at radius 2 is 1.76 bits per heavy atom. The maximum atomic E-state index is 12.2. The summed E-state index contributed by atoms with van der Waals surface area (Å²) in [4.78, 5) is 39.1. The molecule has 2 aromatic rings. The molecule has 0 bridgehead atoms. The van der Waals surface area contributed by atoms with Crippen LogP contribution in [-0.2, 0) is 14.4 Å². The first-order valence-electron chi connectivity index (χ1n) is 7.72. The molecule has 1 saturated carbocycles. The Morgan fingerprint density at radius 1 is 1.16 bits per heavy atom. The standard InChI is InChI=1S/C16H17N5O4/c1-10(21-9-17-8-18-21)13(22)19-11-2-4-12(5-3-11)20-14(23)16(6-7-16)15(24)25/h2-5,8-10H,6-7H2,1H3,(H,19,22)(H,20,23)(H,24,25). The highest BCUT2D eigenvalue weighted by Gasteiger charge is 2.57. The van der Waals surface area contributed by atoms with Gasteiger partial charge in [-0.05, 0) is 44.0 Å². The molecular weight excluding hydrogens is 326 g/mol. The minimum absolute atomic E-state index is 0.259. The third kappa shape index (κ3) is 3.35. The number of aromatic nitrogens is 3. The van der Waals surface area contributed by atoms with Crippen molar-refractivity contribution in [2.45, 2.75) is 25.8 Å². The van der Waals surface area contributed by atoms with Crippen LogP contribution in [-0.4, -0.2) is 37.7 Å². The van der Waals surface area contributed by atoms with Crippen LogP contribution in [0, 0.1) is 5.41 Å². The van der Waals surface area contributed by atoms with E-state index in [0.717, 1.165) is 0 Å². The van der Waals surface area contributed by atoms with E-state index in [9.17, 15) is 14.4 Å². The van der Waals surface area contributed by atoms with Crippen molar-refractivity contribution in [3.8, 4) is 0 Å². The van der Waals surface area contributed by atoms with Crippen molar-refractivity contribution < 1.29 is 19.5 Å². The predicted octanol–water partition coefficient (Wildman–Crippen LogP) is 1.28. The van der Waals surface area contributed by atoms with Gasteiger partial charge in [0.1, 0.15) is 24.1 Å². The van der Waals surface area contributed by atoms with Crippen LogP contribution in [0.4, 0.5) is 11.4 Å². The zero-order valence-corrected chi connectivity index (χ0v) is 13.5. The van der Waals surface area contributed by atoms with Crippen LogP contribution >= 0.6 is 0 Å². The van der Waals surface area contributed by atoms with Gasteiger partial charge in [0.05, 0.1) is 0 Å². The molecule has 9 heteroatoms. The molecule has 3 N–H and O–H groups in total. The van der Waals surface area contributed by atoms with Gasteiger partial charge in [-0.25, -0.2) is 9.67 Å². The summed E-state index contributed by atoms with van der Waals surface area (Å²) in [6.45, 7) is 1.69. The lowest BCUT2D eigenvalue weighted by atomic mass is 10.1. The molecule has 1 unspecified atom stereocenters. The lowest BCUT2D eigenvalue weighted by molar-refractivity contribution is -0.147. The summed E-state index contributed by atoms with van der Waals surface area (Å²) < 4.78 is 1.44. The number of anilines is 2. The van der Waals surface area contributed by atoms with E-state index in [1.165, 1.54) is 17.3 Å². The third-order valence-corrected chi connectivity index (χ3v) is 4.22. The van der Waals surface area contributed by atoms with Gasteiger partial charge in [-0.2, -0.15) is 5.10 Å². The van der Waals surface area contributed by atoms with Crippen LogP contribution in [0.2, 0.25) is 0 Å². The van der Waals surface area contributed by atoms with E-state index in [0.29, 0.717) is 24.2 Å². The second-order valence-corrected chi connectivity index (χ2v) is 5.96. The molecule has 1 aromatic carbocycles. The lowest BCUT2D eigenvalue weighted by Gasteiger charge is -2.13. The summed E-state index contributed by atoms with van der Waals surface area (Å²) in [5.74, 6) is -1.88. The molecule has 1 heterocycles. The summed E-state index contributed by atoms with van der Waals surface area (Å²) in [5, 5.41) is 18.4. The van der Waals surface area contributed by atoms with E-state index in [4.69, 9.17) is 5.11 Å². The second kappa shape index (κ2) is 6.34. The summed E-state index contributed by atoms with van der Waals surface area (Å²) >= 11 is 0. The highest BCUT2D eigenvalue weighted by Crippen LogP contribution is 2.46. The van der Waals surface area contributed by atoms with Gasteiger partial charge in [0, 0.05) is 11.4 Å². The minimum Gasteiger partial charge on any atom is -0.480 e. The number of benzene rings is 1. The first kappa shape index (κ1) is 16.6. The minimum atomic E-state index is -1.29. The van der Waals surface area contributed by atoms with E-state index in [1.807, 2.05) is 0 Å². The van der Waals surface area contributed by atoms with E-state index in [2.05, 4.69) is 20.7 Å². The largest absolute Gasteiger partial charge is 0.480 e. The smallest absolute Gasteiger partial charge is 0.319 e. The third-order valence-electron chi connectivity index (χ3n) is 4.22. The second-order valence-electron chi connectivity index (χ2n) is 5.96. The fourth-order valence-electron chi connectivity index (χ4n) is 2.33. The van der Waals surface area contributed by atoms with Gasteiger partial charge in [0.25, 0.3) is 0 Å². The Hall–Kier alpha value is -3.23. The van der Waals surface area contributed by atoms with Crippen molar-refractivity contribution in [3.63, 3.8) is 0 Å². The molecule has 1 aliphatic rings. The summed E-state index contributed by atoms with van der Waals surface area (Å²) in [6.07, 6.45) is 3.51. The van der Waals surface area contributed by atoms with E-state index < -0.39 is 23.3 Å². The number of carboxylic acid groups (broad SMARTS) is 1. The predicted molar refractivity (Wildman–Crippen MR) is 87.7 cm³/mol. The number of nitrogens with one attached hydrogen (secondary N) is 2. The average molecular weight is 343 g/mol. The van der Waals surface area contributed by atoms with Crippen molar-refractivity contribution in [2.24, 2.45) is 5.41 Å². The lowest BCUT2D eigenvalue weighted by Crippen LogP contribution is -2.31. The molecule has 0 radical (unpaired) electrons. The van der Waals surface area contributed by atoms with Crippen molar-refractivity contribution in [1.29, 1.82) is 0 Å². The van der Waals surface area contributed by atoms with Gasteiger partial charge in [-0.3, -0.25) is 14.4 Å². The Balaban J connectivity index is 1.60. The van der Waals surface area contributed by atoms with Crippen LogP contribution in [0.25, 0.3) is 0 Å². The zero-order valence-electron chi connectivity index (χ0n) is 13.5. The van der Waals surface area contributed by atoms with Gasteiger partial charge in [0.2, 0.25) is 11.8 Å². The molecule has 0 spiro atoms. The van der Waals surface area contributed by atoms with Crippen LogP contribution < -0.4 is 10.6 Å². The maximum absolute atomic E-state index is 12.2. The van der Waals surface area contributed by atoms with Gasteiger partial charge >= 0.3 is 5.97 Å².